The van der Waals surface area contributed by atoms with Gasteiger partial charge in [-0.05, 0) is 24.5 Å². The molecule has 0 radical (unpaired) electrons. The summed E-state index contributed by atoms with van der Waals surface area (Å²) in [5, 5.41) is 5.28. The van der Waals surface area contributed by atoms with Gasteiger partial charge in [0.15, 0.2) is 0 Å². The average Bonchev–Trinajstić information content (AvgIpc) is 2.57. The van der Waals surface area contributed by atoms with Crippen molar-refractivity contribution in [3.63, 3.8) is 0 Å². The zero-order valence-corrected chi connectivity index (χ0v) is 13.1. The number of benzene rings is 1. The van der Waals surface area contributed by atoms with Crippen molar-refractivity contribution in [1.29, 1.82) is 0 Å². The van der Waals surface area contributed by atoms with Crippen molar-refractivity contribution in [1.82, 2.24) is 9.78 Å². The Balaban J connectivity index is 2.36. The Hall–Kier alpha value is -0.800. The fraction of sp³-hybridized carbons (Fsp3) is 0.357. The third kappa shape index (κ3) is 2.62. The van der Waals surface area contributed by atoms with Gasteiger partial charge in [0, 0.05) is 10.0 Å². The fourth-order valence-electron chi connectivity index (χ4n) is 2.12. The van der Waals surface area contributed by atoms with Crippen molar-refractivity contribution in [3.8, 4) is 0 Å². The van der Waals surface area contributed by atoms with E-state index in [4.69, 9.17) is 11.6 Å². The van der Waals surface area contributed by atoms with Crippen molar-refractivity contribution in [2.24, 2.45) is 0 Å². The molecule has 0 N–H and O–H groups in total. The maximum absolute atomic E-state index is 6.41. The van der Waals surface area contributed by atoms with Crippen LogP contribution in [0.1, 0.15) is 36.6 Å². The third-order valence-corrected chi connectivity index (χ3v) is 4.14. The molecule has 2 nitrogen and oxygen atoms in total. The number of halogens is 2. The molecule has 0 saturated heterocycles. The summed E-state index contributed by atoms with van der Waals surface area (Å²) in [7, 11) is 0. The second kappa shape index (κ2) is 5.45. The van der Waals surface area contributed by atoms with Gasteiger partial charge >= 0.3 is 0 Å². The highest BCUT2D eigenvalue weighted by atomic mass is 79.9. The van der Waals surface area contributed by atoms with E-state index < -0.39 is 0 Å². The maximum Gasteiger partial charge on any atom is 0.131 e. The van der Waals surface area contributed by atoms with Crippen molar-refractivity contribution < 1.29 is 0 Å². The minimum Gasteiger partial charge on any atom is -0.249 e. The van der Waals surface area contributed by atoms with Gasteiger partial charge in [-0.25, -0.2) is 4.68 Å². The van der Waals surface area contributed by atoms with Gasteiger partial charge in [-0.2, -0.15) is 5.10 Å². The van der Waals surface area contributed by atoms with Gasteiger partial charge in [-0.3, -0.25) is 0 Å². The fourth-order valence-corrected chi connectivity index (χ4v) is 2.98. The van der Waals surface area contributed by atoms with Crippen LogP contribution in [0.2, 0.25) is 5.15 Å². The minimum atomic E-state index is 0.394. The molecule has 18 heavy (non-hydrogen) atoms. The minimum absolute atomic E-state index is 0.394. The molecule has 0 fully saturated rings. The Morgan fingerprint density at radius 1 is 1.33 bits per heavy atom. The van der Waals surface area contributed by atoms with E-state index in [0.717, 1.165) is 20.9 Å². The summed E-state index contributed by atoms with van der Waals surface area (Å²) in [5.41, 5.74) is 3.34. The smallest absolute Gasteiger partial charge is 0.131 e. The third-order valence-electron chi connectivity index (χ3n) is 2.96. The highest BCUT2D eigenvalue weighted by Gasteiger charge is 2.16. The van der Waals surface area contributed by atoms with E-state index >= 15 is 0 Å². The first-order valence-corrected chi connectivity index (χ1v) is 7.14. The van der Waals surface area contributed by atoms with E-state index in [9.17, 15) is 0 Å². The predicted octanol–water partition coefficient (Wildman–Crippen LogP) is 4.78. The van der Waals surface area contributed by atoms with Gasteiger partial charge in [-0.15, -0.1) is 0 Å². The number of hydrogen-bond donors (Lipinski definition) is 0. The van der Waals surface area contributed by atoms with Gasteiger partial charge in [-0.1, -0.05) is 59.6 Å². The second-order valence-electron chi connectivity index (χ2n) is 4.69. The summed E-state index contributed by atoms with van der Waals surface area (Å²) in [4.78, 5) is 0. The lowest BCUT2D eigenvalue weighted by molar-refractivity contribution is 0.678. The Morgan fingerprint density at radius 2 is 2.00 bits per heavy atom. The Labute approximate surface area is 121 Å². The lowest BCUT2D eigenvalue weighted by atomic mass is 10.1. The molecule has 1 aromatic heterocycles. The first-order chi connectivity index (χ1) is 8.50. The Morgan fingerprint density at radius 3 is 2.56 bits per heavy atom. The van der Waals surface area contributed by atoms with Crippen LogP contribution in [-0.4, -0.2) is 9.78 Å². The predicted molar refractivity (Wildman–Crippen MR) is 79.3 cm³/mol. The maximum atomic E-state index is 6.41. The molecule has 4 heteroatoms. The summed E-state index contributed by atoms with van der Waals surface area (Å²) < 4.78 is 2.95. The van der Waals surface area contributed by atoms with Gasteiger partial charge in [0.05, 0.1) is 12.2 Å². The number of nitrogens with zero attached hydrogens (tertiary/aromatic N) is 2. The SMILES string of the molecule is Cc1nn(Cc2ccccc2Br)c(Cl)c1C(C)C. The molecule has 96 valence electrons. The van der Waals surface area contributed by atoms with Crippen LogP contribution in [0.4, 0.5) is 0 Å². The van der Waals surface area contributed by atoms with E-state index in [1.807, 2.05) is 29.8 Å². The van der Waals surface area contributed by atoms with E-state index in [-0.39, 0.29) is 0 Å². The van der Waals surface area contributed by atoms with Crippen LogP contribution in [0.25, 0.3) is 0 Å². The molecule has 0 aliphatic carbocycles. The lowest BCUT2D eigenvalue weighted by Crippen LogP contribution is -2.03. The molecule has 0 aliphatic rings. The molecule has 0 spiro atoms. The summed E-state index contributed by atoms with van der Waals surface area (Å²) >= 11 is 9.96. The number of aromatic nitrogens is 2. The standard InChI is InChI=1S/C14H16BrClN2/c1-9(2)13-10(3)17-18(14(13)16)8-11-6-4-5-7-12(11)15/h4-7,9H,8H2,1-3H3. The van der Waals surface area contributed by atoms with Crippen molar-refractivity contribution in [3.05, 3.63) is 50.7 Å². The van der Waals surface area contributed by atoms with Crippen LogP contribution < -0.4 is 0 Å². The first kappa shape index (κ1) is 13.6. The van der Waals surface area contributed by atoms with Crippen molar-refractivity contribution >= 4 is 27.5 Å². The molecule has 2 rings (SSSR count). The molecular formula is C14H16BrClN2. The molecule has 0 bridgehead atoms. The molecule has 1 heterocycles. The second-order valence-corrected chi connectivity index (χ2v) is 5.91. The van der Waals surface area contributed by atoms with Gasteiger partial charge in [0.1, 0.15) is 5.15 Å². The normalized spacial score (nSPS) is 11.2. The summed E-state index contributed by atoms with van der Waals surface area (Å²) in [6.07, 6.45) is 0. The molecule has 2 aromatic rings. The quantitative estimate of drug-likeness (QED) is 0.793. The van der Waals surface area contributed by atoms with Crippen LogP contribution in [0.15, 0.2) is 28.7 Å². The van der Waals surface area contributed by atoms with Gasteiger partial charge in [0.2, 0.25) is 0 Å². The van der Waals surface area contributed by atoms with E-state index in [1.54, 1.807) is 0 Å². The first-order valence-electron chi connectivity index (χ1n) is 5.97. The van der Waals surface area contributed by atoms with E-state index in [1.165, 1.54) is 5.56 Å². The highest BCUT2D eigenvalue weighted by Crippen LogP contribution is 2.28. The molecule has 0 unspecified atom stereocenters. The molecular weight excluding hydrogens is 312 g/mol. The largest absolute Gasteiger partial charge is 0.249 e. The summed E-state index contributed by atoms with van der Waals surface area (Å²) in [5.74, 6) is 0.394. The van der Waals surface area contributed by atoms with Crippen molar-refractivity contribution in [2.75, 3.05) is 0 Å². The number of rotatable bonds is 3. The van der Waals surface area contributed by atoms with Crippen molar-refractivity contribution in [2.45, 2.75) is 33.2 Å². The van der Waals surface area contributed by atoms with Crippen LogP contribution in [0.5, 0.6) is 0 Å². The number of hydrogen-bond acceptors (Lipinski definition) is 1. The molecule has 1 aromatic carbocycles. The summed E-state index contributed by atoms with van der Waals surface area (Å²) in [6.45, 7) is 6.98. The monoisotopic (exact) mass is 326 g/mol. The van der Waals surface area contributed by atoms with Crippen LogP contribution in [-0.2, 0) is 6.54 Å². The molecule has 0 amide bonds. The molecule has 0 atom stereocenters. The zero-order valence-electron chi connectivity index (χ0n) is 10.7. The van der Waals surface area contributed by atoms with E-state index in [0.29, 0.717) is 12.5 Å². The van der Waals surface area contributed by atoms with Gasteiger partial charge in [0.25, 0.3) is 0 Å². The van der Waals surface area contributed by atoms with Gasteiger partial charge < -0.3 is 0 Å². The topological polar surface area (TPSA) is 17.8 Å². The molecule has 0 saturated carbocycles. The van der Waals surface area contributed by atoms with Crippen LogP contribution in [0, 0.1) is 6.92 Å². The molecule has 0 aliphatic heterocycles. The summed E-state index contributed by atoms with van der Waals surface area (Å²) in [6, 6.07) is 8.13. The Bertz CT molecular complexity index is 561. The van der Waals surface area contributed by atoms with Crippen LogP contribution in [0.3, 0.4) is 0 Å². The zero-order chi connectivity index (χ0) is 13.3. The average molecular weight is 328 g/mol. The van der Waals surface area contributed by atoms with E-state index in [2.05, 4.69) is 40.9 Å². The Kier molecular flexibility index (Phi) is 4.13. The lowest BCUT2D eigenvalue weighted by Gasteiger charge is -2.07. The number of aryl methyl sites for hydroxylation is 1. The van der Waals surface area contributed by atoms with Crippen LogP contribution >= 0.6 is 27.5 Å². The highest BCUT2D eigenvalue weighted by molar-refractivity contribution is 9.10.